The van der Waals surface area contributed by atoms with E-state index in [-0.39, 0.29) is 48.3 Å². The third-order valence-corrected chi connectivity index (χ3v) is 10.5. The molecule has 13 nitrogen and oxygen atoms in total. The van der Waals surface area contributed by atoms with E-state index in [1.807, 2.05) is 83.9 Å². The predicted molar refractivity (Wildman–Crippen MR) is 205 cm³/mol. The Kier molecular flexibility index (Phi) is 18.1. The SMILES string of the molecule is C=C[C@H](C)[C@@H]([C@@H](CC(=O)N1CCC[C@H]1[C@H](OC)[C@@H](C)C(=O)NC(Cc1ccccc1)C(=O)O)OC)N(C)C(=O)[C@@H](NC(=O)[C@H](C(C)C)N(C)C)C(C)C. The number of carbonyl (C=O) groups excluding carboxylic acids is 4. The molecular formula is C40H65N5O8. The van der Waals surface area contributed by atoms with E-state index in [9.17, 15) is 29.1 Å². The second-order valence-corrected chi connectivity index (χ2v) is 15.3. The Morgan fingerprint density at radius 2 is 1.57 bits per heavy atom. The third kappa shape index (κ3) is 12.1. The van der Waals surface area contributed by atoms with E-state index in [1.165, 1.54) is 14.2 Å². The number of aliphatic carboxylic acids is 1. The Hall–Kier alpha value is -3.81. The molecule has 0 saturated carbocycles. The van der Waals surface area contributed by atoms with Gasteiger partial charge in [0.1, 0.15) is 12.1 Å². The molecule has 3 N–H and O–H groups in total. The van der Waals surface area contributed by atoms with Crippen molar-refractivity contribution in [1.29, 1.82) is 0 Å². The summed E-state index contributed by atoms with van der Waals surface area (Å²) in [6, 6.07) is 5.67. The van der Waals surface area contributed by atoms with Crippen molar-refractivity contribution in [2.24, 2.45) is 23.7 Å². The largest absolute Gasteiger partial charge is 0.480 e. The number of nitrogens with zero attached hydrogens (tertiary/aromatic N) is 3. The average molecular weight is 744 g/mol. The summed E-state index contributed by atoms with van der Waals surface area (Å²) in [5, 5.41) is 15.5. The first kappa shape index (κ1) is 45.3. The molecule has 9 atom stereocenters. The van der Waals surface area contributed by atoms with Gasteiger partial charge in [0, 0.05) is 34.2 Å². The molecule has 1 unspecified atom stereocenters. The fraction of sp³-hybridized carbons (Fsp3) is 0.675. The van der Waals surface area contributed by atoms with Gasteiger partial charge in [0.25, 0.3) is 0 Å². The fourth-order valence-electron chi connectivity index (χ4n) is 7.61. The van der Waals surface area contributed by atoms with Gasteiger partial charge in [0.2, 0.25) is 23.6 Å². The molecule has 2 rings (SSSR count). The summed E-state index contributed by atoms with van der Waals surface area (Å²) >= 11 is 0. The number of hydrogen-bond donors (Lipinski definition) is 3. The van der Waals surface area contributed by atoms with Gasteiger partial charge >= 0.3 is 5.97 Å². The number of benzene rings is 1. The van der Waals surface area contributed by atoms with E-state index in [4.69, 9.17) is 9.47 Å². The van der Waals surface area contributed by atoms with Crippen LogP contribution < -0.4 is 10.6 Å². The van der Waals surface area contributed by atoms with Crippen LogP contribution in [0.25, 0.3) is 0 Å². The van der Waals surface area contributed by atoms with Gasteiger partial charge in [-0.15, -0.1) is 6.58 Å². The maximum Gasteiger partial charge on any atom is 0.326 e. The van der Waals surface area contributed by atoms with Crippen molar-refractivity contribution < 1.29 is 38.6 Å². The molecule has 1 heterocycles. The molecule has 1 saturated heterocycles. The second kappa shape index (κ2) is 21.2. The van der Waals surface area contributed by atoms with Crippen LogP contribution in [-0.2, 0) is 39.9 Å². The molecule has 1 aliphatic rings. The third-order valence-electron chi connectivity index (χ3n) is 10.5. The van der Waals surface area contributed by atoms with Gasteiger partial charge in [-0.25, -0.2) is 4.79 Å². The standard InChI is InChI=1S/C40H65N5O8/c1-13-26(6)35(44(10)39(49)33(24(2)3)42-38(48)34(25(4)5)43(8)9)31(52-11)23-32(46)45-21-17-20-30(45)36(53-12)27(7)37(47)41-29(40(50)51)22-28-18-15-14-16-19-28/h13-16,18-19,24-27,29-31,33-36H,1,17,20-23H2,2-12H3,(H,41,47)(H,42,48)(H,50,51)/t26-,27+,29?,30-,31+,33-,34-,35-,36+/m0/s1. The molecule has 4 amide bonds. The molecular weight excluding hydrogens is 678 g/mol. The topological polar surface area (TPSA) is 158 Å². The van der Waals surface area contributed by atoms with E-state index in [1.54, 1.807) is 29.8 Å². The van der Waals surface area contributed by atoms with E-state index in [0.717, 1.165) is 5.56 Å². The molecule has 1 aliphatic heterocycles. The Morgan fingerprint density at radius 3 is 2.06 bits per heavy atom. The molecule has 0 radical (unpaired) electrons. The lowest BCUT2D eigenvalue weighted by molar-refractivity contribution is -0.148. The first-order valence-electron chi connectivity index (χ1n) is 18.7. The first-order chi connectivity index (χ1) is 24.9. The van der Waals surface area contributed by atoms with Crippen LogP contribution in [0, 0.1) is 23.7 Å². The highest BCUT2D eigenvalue weighted by atomic mass is 16.5. The van der Waals surface area contributed by atoms with Crippen LogP contribution in [0.1, 0.15) is 66.4 Å². The van der Waals surface area contributed by atoms with Crippen molar-refractivity contribution in [3.63, 3.8) is 0 Å². The Labute approximate surface area is 316 Å². The maximum absolute atomic E-state index is 14.2. The summed E-state index contributed by atoms with van der Waals surface area (Å²) in [6.45, 7) is 15.7. The van der Waals surface area contributed by atoms with Crippen LogP contribution >= 0.6 is 0 Å². The zero-order chi connectivity index (χ0) is 40.2. The number of amides is 4. The number of likely N-dealkylation sites (tertiary alicyclic amines) is 1. The Balaban J connectivity index is 2.28. The normalized spacial score (nSPS) is 19.1. The molecule has 0 spiro atoms. The number of methoxy groups -OCH3 is 2. The minimum atomic E-state index is -1.14. The minimum absolute atomic E-state index is 0.0221. The van der Waals surface area contributed by atoms with Crippen molar-refractivity contribution in [3.05, 3.63) is 48.6 Å². The zero-order valence-electron chi connectivity index (χ0n) is 33.7. The number of carboxylic acid groups (broad SMARTS) is 1. The lowest BCUT2D eigenvalue weighted by Crippen LogP contribution is -2.59. The molecule has 1 aromatic carbocycles. The van der Waals surface area contributed by atoms with Crippen LogP contribution in [0.2, 0.25) is 0 Å². The number of likely N-dealkylation sites (N-methyl/N-ethyl adjacent to an activating group) is 2. The highest BCUT2D eigenvalue weighted by Crippen LogP contribution is 2.29. The van der Waals surface area contributed by atoms with Crippen LogP contribution in [0.15, 0.2) is 43.0 Å². The molecule has 1 fully saturated rings. The summed E-state index contributed by atoms with van der Waals surface area (Å²) in [6.07, 6.45) is 1.64. The zero-order valence-corrected chi connectivity index (χ0v) is 33.7. The van der Waals surface area contributed by atoms with E-state index >= 15 is 0 Å². The van der Waals surface area contributed by atoms with Crippen molar-refractivity contribution in [1.82, 2.24) is 25.3 Å². The van der Waals surface area contributed by atoms with Gasteiger partial charge in [-0.3, -0.25) is 24.1 Å². The lowest BCUT2D eigenvalue weighted by atomic mass is 9.90. The fourth-order valence-corrected chi connectivity index (χ4v) is 7.61. The van der Waals surface area contributed by atoms with Gasteiger partial charge in [-0.2, -0.15) is 0 Å². The number of carboxylic acids is 1. The van der Waals surface area contributed by atoms with Crippen LogP contribution in [0.3, 0.4) is 0 Å². The summed E-state index contributed by atoms with van der Waals surface area (Å²) in [7, 11) is 8.33. The Morgan fingerprint density at radius 1 is 0.943 bits per heavy atom. The van der Waals surface area contributed by atoms with Crippen molar-refractivity contribution in [2.75, 3.05) is 41.9 Å². The summed E-state index contributed by atoms with van der Waals surface area (Å²) < 4.78 is 11.8. The molecule has 13 heteroatoms. The van der Waals surface area contributed by atoms with Crippen LogP contribution in [-0.4, -0.2) is 134 Å². The van der Waals surface area contributed by atoms with E-state index in [0.29, 0.717) is 19.4 Å². The number of ether oxygens (including phenoxy) is 2. The van der Waals surface area contributed by atoms with Crippen LogP contribution in [0.4, 0.5) is 0 Å². The Bertz CT molecular complexity index is 1360. The number of nitrogens with one attached hydrogen (secondary N) is 2. The van der Waals surface area contributed by atoms with E-state index in [2.05, 4.69) is 17.2 Å². The highest BCUT2D eigenvalue weighted by Gasteiger charge is 2.43. The predicted octanol–water partition coefficient (Wildman–Crippen LogP) is 3.22. The smallest absolute Gasteiger partial charge is 0.326 e. The van der Waals surface area contributed by atoms with Gasteiger partial charge in [0.05, 0.1) is 42.7 Å². The minimum Gasteiger partial charge on any atom is -0.480 e. The molecule has 298 valence electrons. The van der Waals surface area contributed by atoms with E-state index < -0.39 is 60.2 Å². The van der Waals surface area contributed by atoms with Gasteiger partial charge < -0.3 is 35.0 Å². The van der Waals surface area contributed by atoms with Crippen molar-refractivity contribution in [2.45, 2.75) is 110 Å². The summed E-state index contributed by atoms with van der Waals surface area (Å²) in [4.78, 5) is 72.3. The van der Waals surface area contributed by atoms with Crippen molar-refractivity contribution in [3.8, 4) is 0 Å². The summed E-state index contributed by atoms with van der Waals surface area (Å²) in [5.74, 6) is -3.62. The second-order valence-electron chi connectivity index (χ2n) is 15.3. The maximum atomic E-state index is 14.2. The van der Waals surface area contributed by atoms with Crippen LogP contribution in [0.5, 0.6) is 0 Å². The number of carbonyl (C=O) groups is 5. The van der Waals surface area contributed by atoms with Crippen molar-refractivity contribution >= 4 is 29.6 Å². The highest BCUT2D eigenvalue weighted by molar-refractivity contribution is 5.90. The lowest BCUT2D eigenvalue weighted by Gasteiger charge is -2.40. The summed E-state index contributed by atoms with van der Waals surface area (Å²) in [5.41, 5.74) is 0.779. The number of hydrogen-bond acceptors (Lipinski definition) is 8. The monoisotopic (exact) mass is 743 g/mol. The molecule has 1 aromatic rings. The average Bonchev–Trinajstić information content (AvgIpc) is 3.59. The molecule has 0 bridgehead atoms. The molecule has 53 heavy (non-hydrogen) atoms. The quantitative estimate of drug-likeness (QED) is 0.161. The molecule has 0 aromatic heterocycles. The number of rotatable bonds is 21. The van der Waals surface area contributed by atoms with Gasteiger partial charge in [-0.05, 0) is 50.3 Å². The van der Waals surface area contributed by atoms with Gasteiger partial charge in [0.15, 0.2) is 0 Å². The van der Waals surface area contributed by atoms with Gasteiger partial charge in [-0.1, -0.05) is 78.0 Å². The molecule has 0 aliphatic carbocycles. The first-order valence-corrected chi connectivity index (χ1v) is 18.7.